The van der Waals surface area contributed by atoms with E-state index >= 15 is 0 Å². The summed E-state index contributed by atoms with van der Waals surface area (Å²) in [6, 6.07) is 0. The Morgan fingerprint density at radius 1 is 0.347 bits per heavy atom. The van der Waals surface area contributed by atoms with Gasteiger partial charge in [-0.25, -0.2) is 0 Å². The second kappa shape index (κ2) is 40.0. The normalized spacial score (nSPS) is 13.6. The van der Waals surface area contributed by atoms with E-state index in [-0.39, 0.29) is 12.6 Å². The van der Waals surface area contributed by atoms with Crippen molar-refractivity contribution >= 4 is 0 Å². The molecule has 0 bridgehead atoms. The number of hydrogen-bond acceptors (Lipinski definition) is 7. The Morgan fingerprint density at radius 3 is 1.06 bits per heavy atom. The van der Waals surface area contributed by atoms with E-state index in [4.69, 9.17) is 33.2 Å². The van der Waals surface area contributed by atoms with E-state index in [1.165, 1.54) is 51.4 Å². The Balaban J connectivity index is 5.17. The molecular formula is C42H82O7. The van der Waals surface area contributed by atoms with Gasteiger partial charge in [-0.1, -0.05) is 105 Å². The van der Waals surface area contributed by atoms with Crippen molar-refractivity contribution in [2.24, 2.45) is 0 Å². The van der Waals surface area contributed by atoms with Gasteiger partial charge in [0.25, 0.3) is 0 Å². The molecule has 0 spiro atoms. The molecule has 0 saturated carbocycles. The highest BCUT2D eigenvalue weighted by atomic mass is 16.8. The largest absolute Gasteiger partial charge is 0.353 e. The molecule has 0 aliphatic carbocycles. The fourth-order valence-corrected chi connectivity index (χ4v) is 5.21. The second-order valence-corrected chi connectivity index (χ2v) is 13.2. The Kier molecular flexibility index (Phi) is 39.3. The minimum Gasteiger partial charge on any atom is -0.353 e. The van der Waals surface area contributed by atoms with Crippen LogP contribution in [-0.4, -0.2) is 64.8 Å². The van der Waals surface area contributed by atoms with Crippen molar-refractivity contribution < 1.29 is 33.2 Å². The fraction of sp³-hybridized carbons (Fsp3) is 0.905. The van der Waals surface area contributed by atoms with Crippen LogP contribution in [0.4, 0.5) is 0 Å². The first kappa shape index (κ1) is 48.2. The third kappa shape index (κ3) is 34.1. The zero-order valence-electron chi connectivity index (χ0n) is 33.3. The molecule has 0 heterocycles. The van der Waals surface area contributed by atoms with E-state index < -0.39 is 12.6 Å². The van der Waals surface area contributed by atoms with Gasteiger partial charge in [0.05, 0.1) is 13.2 Å². The van der Waals surface area contributed by atoms with Crippen molar-refractivity contribution in [2.75, 3.05) is 39.6 Å². The summed E-state index contributed by atoms with van der Waals surface area (Å²) in [5.74, 6) is 0. The number of hydrogen-bond donors (Lipinski definition) is 0. The summed E-state index contributed by atoms with van der Waals surface area (Å²) in [4.78, 5) is 0. The minimum atomic E-state index is -0.429. The van der Waals surface area contributed by atoms with Crippen molar-refractivity contribution in [1.82, 2.24) is 0 Å². The summed E-state index contributed by atoms with van der Waals surface area (Å²) < 4.78 is 42.7. The first-order chi connectivity index (χ1) is 24.1. The maximum absolute atomic E-state index is 6.47. The average molecular weight is 699 g/mol. The van der Waals surface area contributed by atoms with Gasteiger partial charge in [-0.2, -0.15) is 0 Å². The predicted molar refractivity (Wildman–Crippen MR) is 206 cm³/mol. The number of allylic oxidation sites excluding steroid dienone is 2. The maximum atomic E-state index is 6.47. The molecule has 292 valence electrons. The first-order valence-electron chi connectivity index (χ1n) is 20.8. The lowest BCUT2D eigenvalue weighted by molar-refractivity contribution is -0.208. The second-order valence-electron chi connectivity index (χ2n) is 13.2. The molecule has 0 aliphatic heterocycles. The molecule has 0 aromatic rings. The smallest absolute Gasteiger partial charge is 0.180 e. The monoisotopic (exact) mass is 699 g/mol. The molecule has 0 N–H and O–H groups in total. The first-order valence-corrected chi connectivity index (χ1v) is 20.8. The zero-order valence-corrected chi connectivity index (χ0v) is 33.3. The molecule has 0 radical (unpaired) electrons. The van der Waals surface area contributed by atoms with Crippen molar-refractivity contribution in [3.8, 4) is 0 Å². The molecule has 7 nitrogen and oxygen atoms in total. The molecule has 7 heteroatoms. The van der Waals surface area contributed by atoms with Crippen LogP contribution in [0, 0.1) is 0 Å². The van der Waals surface area contributed by atoms with Crippen LogP contribution in [0.15, 0.2) is 24.3 Å². The van der Waals surface area contributed by atoms with E-state index in [0.29, 0.717) is 13.2 Å². The van der Waals surface area contributed by atoms with Crippen molar-refractivity contribution in [3.63, 3.8) is 0 Å². The van der Waals surface area contributed by atoms with Crippen molar-refractivity contribution in [1.29, 1.82) is 0 Å². The fourth-order valence-electron chi connectivity index (χ4n) is 5.21. The highest BCUT2D eigenvalue weighted by Gasteiger charge is 2.14. The topological polar surface area (TPSA) is 64.6 Å². The molecule has 49 heavy (non-hydrogen) atoms. The van der Waals surface area contributed by atoms with Crippen LogP contribution in [0.25, 0.3) is 0 Å². The molecule has 0 aromatic heterocycles. The summed E-state index contributed by atoms with van der Waals surface area (Å²) in [6.45, 7) is 17.4. The Labute approximate surface area is 304 Å². The summed E-state index contributed by atoms with van der Waals surface area (Å²) in [5.41, 5.74) is 0. The third-order valence-corrected chi connectivity index (χ3v) is 8.07. The lowest BCUT2D eigenvalue weighted by Crippen LogP contribution is -2.25. The summed E-state index contributed by atoms with van der Waals surface area (Å²) in [7, 11) is 0. The number of rotatable bonds is 40. The molecule has 2 unspecified atom stereocenters. The maximum Gasteiger partial charge on any atom is 0.180 e. The number of ether oxygens (including phenoxy) is 7. The quantitative estimate of drug-likeness (QED) is 0.0358. The van der Waals surface area contributed by atoms with Crippen LogP contribution in [0.3, 0.4) is 0 Å². The molecule has 0 saturated heterocycles. The lowest BCUT2D eigenvalue weighted by atomic mass is 10.1. The number of unbranched alkanes of at least 4 members (excludes halogenated alkanes) is 12. The van der Waals surface area contributed by atoms with Gasteiger partial charge in [0.1, 0.15) is 0 Å². The molecule has 0 aromatic carbocycles. The predicted octanol–water partition coefficient (Wildman–Crippen LogP) is 12.2. The highest BCUT2D eigenvalue weighted by molar-refractivity contribution is 4.90. The summed E-state index contributed by atoms with van der Waals surface area (Å²) in [6.07, 6.45) is 31.7. The summed E-state index contributed by atoms with van der Waals surface area (Å²) >= 11 is 0. The lowest BCUT2D eigenvalue weighted by Gasteiger charge is -2.22. The van der Waals surface area contributed by atoms with E-state index in [1.807, 2.05) is 0 Å². The average Bonchev–Trinajstić information content (AvgIpc) is 3.11. The van der Waals surface area contributed by atoms with Crippen LogP contribution in [0.5, 0.6) is 0 Å². The van der Waals surface area contributed by atoms with Crippen molar-refractivity contribution in [3.05, 3.63) is 24.3 Å². The van der Waals surface area contributed by atoms with E-state index in [1.54, 1.807) is 0 Å². The highest BCUT2D eigenvalue weighted by Crippen LogP contribution is 2.15. The van der Waals surface area contributed by atoms with E-state index in [9.17, 15) is 0 Å². The molecule has 0 rings (SSSR count). The van der Waals surface area contributed by atoms with Crippen LogP contribution in [-0.2, 0) is 33.2 Å². The van der Waals surface area contributed by atoms with Gasteiger partial charge in [-0.3, -0.25) is 0 Å². The van der Waals surface area contributed by atoms with Gasteiger partial charge in [-0.05, 0) is 102 Å². The van der Waals surface area contributed by atoms with Crippen LogP contribution in [0.2, 0.25) is 0 Å². The SMILES string of the molecule is CCCCCCCOC(C=CCCCCC(OCCC)OCCC)OC(C=CCCCCC(OCCC)OCCC)OCCCCCCC. The molecule has 0 fully saturated rings. The van der Waals surface area contributed by atoms with Gasteiger partial charge in [-0.15, -0.1) is 0 Å². The van der Waals surface area contributed by atoms with Gasteiger partial charge < -0.3 is 33.2 Å². The van der Waals surface area contributed by atoms with Crippen LogP contribution >= 0.6 is 0 Å². The Bertz CT molecular complexity index is 614. The van der Waals surface area contributed by atoms with Crippen LogP contribution < -0.4 is 0 Å². The Hall–Kier alpha value is -0.800. The van der Waals surface area contributed by atoms with Crippen molar-refractivity contribution in [2.45, 2.75) is 208 Å². The van der Waals surface area contributed by atoms with Gasteiger partial charge in [0, 0.05) is 26.4 Å². The zero-order chi connectivity index (χ0) is 35.9. The standard InChI is InChI=1S/C42H82O7/c1-7-13-15-21-27-37-47-41(31-25-19-17-23-29-39(43-33-9-3)44-34-10-4)49-42(48-38-28-22-16-14-8-2)32-26-20-18-24-30-40(45-35-11-5)46-36-12-6/h25-26,31-32,39-42H,7-24,27-30,33-38H2,1-6H3. The van der Waals surface area contributed by atoms with Gasteiger partial charge in [0.2, 0.25) is 0 Å². The van der Waals surface area contributed by atoms with Gasteiger partial charge in [0.15, 0.2) is 25.2 Å². The molecular weight excluding hydrogens is 616 g/mol. The summed E-state index contributed by atoms with van der Waals surface area (Å²) in [5, 5.41) is 0. The van der Waals surface area contributed by atoms with E-state index in [0.717, 1.165) is 116 Å². The molecule has 2 atom stereocenters. The minimum absolute atomic E-state index is 0.0899. The van der Waals surface area contributed by atoms with Gasteiger partial charge >= 0.3 is 0 Å². The Morgan fingerprint density at radius 2 is 0.714 bits per heavy atom. The molecule has 0 aliphatic rings. The van der Waals surface area contributed by atoms with Crippen LogP contribution in [0.1, 0.15) is 183 Å². The third-order valence-electron chi connectivity index (χ3n) is 8.07. The van der Waals surface area contributed by atoms with E-state index in [2.05, 4.69) is 65.8 Å². The molecule has 0 amide bonds.